The maximum absolute atomic E-state index is 13.1. The summed E-state index contributed by atoms with van der Waals surface area (Å²) in [5.41, 5.74) is 0.330. The van der Waals surface area contributed by atoms with Crippen LogP contribution in [0.15, 0.2) is 12.4 Å². The molecule has 1 aromatic rings. The summed E-state index contributed by atoms with van der Waals surface area (Å²) in [5, 5.41) is 3.45. The number of rotatable bonds is 6. The first-order valence-electron chi connectivity index (χ1n) is 10.3. The maximum Gasteiger partial charge on any atom is 0.249 e. The molecular formula is C20H33ClN4O2. The lowest BCUT2D eigenvalue weighted by Crippen LogP contribution is -2.41. The zero-order valence-electron chi connectivity index (χ0n) is 16.4. The van der Waals surface area contributed by atoms with Crippen LogP contribution in [0, 0.1) is 5.41 Å². The molecule has 1 spiro atoms. The van der Waals surface area contributed by atoms with Gasteiger partial charge in [-0.15, -0.1) is 12.4 Å². The highest BCUT2D eigenvalue weighted by Gasteiger charge is 2.57. The second kappa shape index (κ2) is 8.93. The summed E-state index contributed by atoms with van der Waals surface area (Å²) in [6, 6.07) is 0.351. The molecule has 4 rings (SSSR count). The lowest BCUT2D eigenvalue weighted by atomic mass is 9.93. The third kappa shape index (κ3) is 4.66. The van der Waals surface area contributed by atoms with Crippen molar-refractivity contribution in [2.45, 2.75) is 70.1 Å². The fourth-order valence-corrected chi connectivity index (χ4v) is 4.81. The van der Waals surface area contributed by atoms with E-state index in [0.717, 1.165) is 38.2 Å². The highest BCUT2D eigenvalue weighted by molar-refractivity contribution is 5.85. The molecule has 0 aromatic carbocycles. The van der Waals surface area contributed by atoms with E-state index in [1.165, 1.54) is 32.1 Å². The Kier molecular flexibility index (Phi) is 6.82. The van der Waals surface area contributed by atoms with Gasteiger partial charge in [0.05, 0.1) is 12.6 Å². The Hall–Kier alpha value is -1.11. The van der Waals surface area contributed by atoms with Crippen molar-refractivity contribution in [3.63, 3.8) is 0 Å². The number of aryl methyl sites for hydroxylation is 1. The summed E-state index contributed by atoms with van der Waals surface area (Å²) < 4.78 is 8.01. The minimum absolute atomic E-state index is 0. The summed E-state index contributed by atoms with van der Waals surface area (Å²) in [6.45, 7) is 2.95. The van der Waals surface area contributed by atoms with E-state index in [1.54, 1.807) is 0 Å². The van der Waals surface area contributed by atoms with Crippen LogP contribution in [-0.4, -0.2) is 52.2 Å². The largest absolute Gasteiger partial charge is 0.368 e. The number of amides is 1. The number of carbonyl (C=O) groups excluding carboxylic acids is 1. The standard InChI is InChI=1S/C20H32N4O2.ClH/c1-23-12-11-22-18(23)14-24(17-13-20(17)7-9-21-10-8-20)19(25)15-26-16-5-3-2-4-6-16;/h11-12,16-17,21H,2-10,13-15H2,1H3;1H. The fraction of sp³-hybridized carbons (Fsp3) is 0.800. The van der Waals surface area contributed by atoms with Crippen LogP contribution in [-0.2, 0) is 23.1 Å². The number of carbonyl (C=O) groups is 1. The molecule has 2 heterocycles. The second-order valence-electron chi connectivity index (χ2n) is 8.38. The maximum atomic E-state index is 13.1. The molecule has 1 unspecified atom stereocenters. The van der Waals surface area contributed by atoms with Crippen molar-refractivity contribution in [1.82, 2.24) is 19.8 Å². The number of nitrogens with zero attached hydrogens (tertiary/aromatic N) is 3. The van der Waals surface area contributed by atoms with Crippen LogP contribution < -0.4 is 5.32 Å². The molecule has 27 heavy (non-hydrogen) atoms. The Labute approximate surface area is 168 Å². The average molecular weight is 397 g/mol. The molecule has 1 aromatic heterocycles. The van der Waals surface area contributed by atoms with E-state index in [1.807, 2.05) is 24.0 Å². The Bertz CT molecular complexity index is 623. The Balaban J connectivity index is 0.00000210. The van der Waals surface area contributed by atoms with Gasteiger partial charge in [0, 0.05) is 25.5 Å². The van der Waals surface area contributed by atoms with Crippen molar-refractivity contribution in [1.29, 1.82) is 0 Å². The monoisotopic (exact) mass is 396 g/mol. The van der Waals surface area contributed by atoms with Gasteiger partial charge < -0.3 is 19.5 Å². The minimum atomic E-state index is 0. The van der Waals surface area contributed by atoms with E-state index in [-0.39, 0.29) is 31.0 Å². The van der Waals surface area contributed by atoms with Gasteiger partial charge in [0.2, 0.25) is 5.91 Å². The van der Waals surface area contributed by atoms with Gasteiger partial charge in [-0.2, -0.15) is 0 Å². The van der Waals surface area contributed by atoms with Crippen LogP contribution in [0.5, 0.6) is 0 Å². The lowest BCUT2D eigenvalue weighted by molar-refractivity contribution is -0.141. The predicted octanol–water partition coefficient (Wildman–Crippen LogP) is 2.66. The molecular weight excluding hydrogens is 364 g/mol. The first-order valence-corrected chi connectivity index (χ1v) is 10.3. The second-order valence-corrected chi connectivity index (χ2v) is 8.38. The number of halogens is 1. The van der Waals surface area contributed by atoms with Gasteiger partial charge in [-0.3, -0.25) is 4.79 Å². The van der Waals surface area contributed by atoms with Gasteiger partial charge >= 0.3 is 0 Å². The van der Waals surface area contributed by atoms with E-state index < -0.39 is 0 Å². The molecule has 2 aliphatic carbocycles. The molecule has 0 bridgehead atoms. The van der Waals surface area contributed by atoms with E-state index in [2.05, 4.69) is 15.2 Å². The number of aromatic nitrogens is 2. The molecule has 2 saturated carbocycles. The van der Waals surface area contributed by atoms with Gasteiger partial charge in [0.25, 0.3) is 0 Å². The van der Waals surface area contributed by atoms with Crippen LogP contribution in [0.1, 0.15) is 57.2 Å². The summed E-state index contributed by atoms with van der Waals surface area (Å²) in [5.74, 6) is 1.09. The molecule has 0 radical (unpaired) electrons. The molecule has 3 aliphatic rings. The Morgan fingerprint density at radius 2 is 2.07 bits per heavy atom. The third-order valence-electron chi connectivity index (χ3n) is 6.67. The van der Waals surface area contributed by atoms with Crippen molar-refractivity contribution in [2.24, 2.45) is 12.5 Å². The molecule has 1 saturated heterocycles. The highest BCUT2D eigenvalue weighted by Crippen LogP contribution is 2.56. The van der Waals surface area contributed by atoms with Gasteiger partial charge in [-0.25, -0.2) is 4.98 Å². The van der Waals surface area contributed by atoms with Crippen molar-refractivity contribution < 1.29 is 9.53 Å². The number of ether oxygens (including phenoxy) is 1. The SMILES string of the molecule is Cl.Cn1ccnc1CN(C(=O)COC1CCCCC1)C1CC12CCNCC2. The Morgan fingerprint density at radius 1 is 1.33 bits per heavy atom. The summed E-state index contributed by atoms with van der Waals surface area (Å²) in [4.78, 5) is 19.6. The van der Waals surface area contributed by atoms with Crippen LogP contribution in [0.2, 0.25) is 0 Å². The van der Waals surface area contributed by atoms with E-state index in [4.69, 9.17) is 4.74 Å². The number of imidazole rings is 1. The number of piperidine rings is 1. The first-order chi connectivity index (χ1) is 12.7. The van der Waals surface area contributed by atoms with Crippen molar-refractivity contribution in [2.75, 3.05) is 19.7 Å². The zero-order chi connectivity index (χ0) is 18.0. The van der Waals surface area contributed by atoms with Gasteiger partial charge in [-0.05, 0) is 50.6 Å². The quantitative estimate of drug-likeness (QED) is 0.803. The van der Waals surface area contributed by atoms with E-state index in [0.29, 0.717) is 18.0 Å². The molecule has 3 fully saturated rings. The van der Waals surface area contributed by atoms with Gasteiger partial charge in [0.1, 0.15) is 12.4 Å². The van der Waals surface area contributed by atoms with Crippen molar-refractivity contribution in [3.8, 4) is 0 Å². The summed E-state index contributed by atoms with van der Waals surface area (Å²) in [7, 11) is 2.00. The number of hydrogen-bond donors (Lipinski definition) is 1. The molecule has 1 aliphatic heterocycles. The molecule has 152 valence electrons. The molecule has 6 nitrogen and oxygen atoms in total. The van der Waals surface area contributed by atoms with Crippen LogP contribution in [0.25, 0.3) is 0 Å². The first kappa shape index (κ1) is 20.6. The number of hydrogen-bond acceptors (Lipinski definition) is 4. The van der Waals surface area contributed by atoms with Gasteiger partial charge in [-0.1, -0.05) is 19.3 Å². The summed E-state index contributed by atoms with van der Waals surface area (Å²) in [6.07, 6.45) is 13.5. The Morgan fingerprint density at radius 3 is 2.74 bits per heavy atom. The zero-order valence-corrected chi connectivity index (χ0v) is 17.2. The van der Waals surface area contributed by atoms with E-state index >= 15 is 0 Å². The third-order valence-corrected chi connectivity index (χ3v) is 6.67. The van der Waals surface area contributed by atoms with Crippen molar-refractivity contribution >= 4 is 18.3 Å². The normalized spacial score (nSPS) is 24.4. The van der Waals surface area contributed by atoms with Gasteiger partial charge in [0.15, 0.2) is 0 Å². The molecule has 7 heteroatoms. The smallest absolute Gasteiger partial charge is 0.249 e. The lowest BCUT2D eigenvalue weighted by Gasteiger charge is -2.30. The van der Waals surface area contributed by atoms with Crippen molar-refractivity contribution in [3.05, 3.63) is 18.2 Å². The van der Waals surface area contributed by atoms with Crippen LogP contribution in [0.4, 0.5) is 0 Å². The summed E-state index contributed by atoms with van der Waals surface area (Å²) >= 11 is 0. The molecule has 1 amide bonds. The molecule has 1 atom stereocenters. The fourth-order valence-electron chi connectivity index (χ4n) is 4.81. The predicted molar refractivity (Wildman–Crippen MR) is 107 cm³/mol. The number of nitrogens with one attached hydrogen (secondary N) is 1. The average Bonchev–Trinajstić information content (AvgIpc) is 3.18. The highest BCUT2D eigenvalue weighted by atomic mass is 35.5. The van der Waals surface area contributed by atoms with Crippen LogP contribution >= 0.6 is 12.4 Å². The minimum Gasteiger partial charge on any atom is -0.368 e. The topological polar surface area (TPSA) is 59.4 Å². The van der Waals surface area contributed by atoms with E-state index in [9.17, 15) is 4.79 Å². The van der Waals surface area contributed by atoms with Crippen LogP contribution in [0.3, 0.4) is 0 Å². The molecule has 1 N–H and O–H groups in total.